The van der Waals surface area contributed by atoms with Crippen molar-refractivity contribution in [2.24, 2.45) is 5.73 Å². The highest BCUT2D eigenvalue weighted by molar-refractivity contribution is 5.85. The Bertz CT molecular complexity index is 518. The fraction of sp³-hybridized carbons (Fsp3) is 0.556. The van der Waals surface area contributed by atoms with Crippen LogP contribution in [0.4, 0.5) is 4.79 Å². The maximum atomic E-state index is 11.7. The Labute approximate surface area is 155 Å². The van der Waals surface area contributed by atoms with E-state index in [0.29, 0.717) is 13.0 Å². The maximum Gasteiger partial charge on any atom is 0.407 e. The van der Waals surface area contributed by atoms with Crippen molar-refractivity contribution >= 4 is 24.5 Å². The summed E-state index contributed by atoms with van der Waals surface area (Å²) in [5, 5.41) is 2.68. The van der Waals surface area contributed by atoms with Crippen molar-refractivity contribution in [2.45, 2.75) is 58.3 Å². The summed E-state index contributed by atoms with van der Waals surface area (Å²) in [6, 6.07) is 8.85. The number of carbonyl (C=O) groups excluding carboxylic acids is 2. The number of carbonyl (C=O) groups is 2. The first-order valence-corrected chi connectivity index (χ1v) is 8.21. The molecule has 0 aromatic heterocycles. The van der Waals surface area contributed by atoms with Gasteiger partial charge in [0.1, 0.15) is 18.2 Å². The lowest BCUT2D eigenvalue weighted by Gasteiger charge is -2.22. The Balaban J connectivity index is 0.00000576. The zero-order chi connectivity index (χ0) is 18.0. The van der Waals surface area contributed by atoms with Crippen LogP contribution in [0.15, 0.2) is 30.3 Å². The van der Waals surface area contributed by atoms with Gasteiger partial charge in [-0.15, -0.1) is 12.4 Å². The summed E-state index contributed by atoms with van der Waals surface area (Å²) in [5.41, 5.74) is 6.20. The van der Waals surface area contributed by atoms with E-state index in [2.05, 4.69) is 5.32 Å². The summed E-state index contributed by atoms with van der Waals surface area (Å²) in [7, 11) is 0. The van der Waals surface area contributed by atoms with Crippen LogP contribution in [0.5, 0.6) is 0 Å². The van der Waals surface area contributed by atoms with Gasteiger partial charge in [0.15, 0.2) is 0 Å². The standard InChI is InChI=1S/C18H28N2O4.ClH/c1-18(2,3)24-16(21)15(19)11-7-8-12-20-17(22)23-13-14-9-5-4-6-10-14;/h4-6,9-10,15H,7-8,11-13,19H2,1-3H3,(H,20,22);1H/t15-;/m1./s1. The third kappa shape index (κ3) is 11.4. The lowest BCUT2D eigenvalue weighted by Crippen LogP contribution is -2.37. The second kappa shape index (κ2) is 11.7. The molecule has 0 unspecified atom stereocenters. The number of esters is 1. The summed E-state index contributed by atoms with van der Waals surface area (Å²) in [5.74, 6) is -0.391. The molecule has 0 fully saturated rings. The summed E-state index contributed by atoms with van der Waals surface area (Å²) >= 11 is 0. The fourth-order valence-corrected chi connectivity index (χ4v) is 1.95. The molecule has 142 valence electrons. The van der Waals surface area contributed by atoms with Gasteiger partial charge in [-0.05, 0) is 45.6 Å². The van der Waals surface area contributed by atoms with Gasteiger partial charge in [-0.25, -0.2) is 4.79 Å². The van der Waals surface area contributed by atoms with Gasteiger partial charge in [0, 0.05) is 6.54 Å². The maximum absolute atomic E-state index is 11.7. The van der Waals surface area contributed by atoms with Crippen LogP contribution in [0.1, 0.15) is 45.6 Å². The molecule has 0 saturated heterocycles. The molecule has 3 N–H and O–H groups in total. The quantitative estimate of drug-likeness (QED) is 0.540. The van der Waals surface area contributed by atoms with Crippen molar-refractivity contribution in [3.63, 3.8) is 0 Å². The number of halogens is 1. The Morgan fingerprint density at radius 1 is 1.16 bits per heavy atom. The summed E-state index contributed by atoms with van der Waals surface area (Å²) in [6.45, 7) is 6.15. The van der Waals surface area contributed by atoms with Gasteiger partial charge in [-0.3, -0.25) is 4.79 Å². The molecule has 1 atom stereocenters. The minimum atomic E-state index is -0.630. The first kappa shape index (κ1) is 23.2. The van der Waals surface area contributed by atoms with E-state index in [-0.39, 0.29) is 19.0 Å². The predicted molar refractivity (Wildman–Crippen MR) is 99.5 cm³/mol. The van der Waals surface area contributed by atoms with E-state index >= 15 is 0 Å². The number of alkyl carbamates (subject to hydrolysis) is 1. The summed E-state index contributed by atoms with van der Waals surface area (Å²) in [6.07, 6.45) is 1.52. The van der Waals surface area contributed by atoms with Gasteiger partial charge in [-0.1, -0.05) is 30.3 Å². The molecule has 0 saturated carbocycles. The number of benzene rings is 1. The van der Waals surface area contributed by atoms with Crippen LogP contribution in [0, 0.1) is 0 Å². The van der Waals surface area contributed by atoms with Crippen LogP contribution in [0.25, 0.3) is 0 Å². The molecule has 6 nitrogen and oxygen atoms in total. The number of amides is 1. The number of hydrogen-bond donors (Lipinski definition) is 2. The zero-order valence-corrected chi connectivity index (χ0v) is 15.9. The topological polar surface area (TPSA) is 90.6 Å². The number of ether oxygens (including phenoxy) is 2. The SMILES string of the molecule is CC(C)(C)OC(=O)[C@H](N)CCCCNC(=O)OCc1ccccc1.Cl. The van der Waals surface area contributed by atoms with E-state index in [1.807, 2.05) is 51.1 Å². The van der Waals surface area contributed by atoms with E-state index in [1.54, 1.807) is 0 Å². The predicted octanol–water partition coefficient (Wildman–Crippen LogP) is 3.17. The second-order valence-electron chi connectivity index (χ2n) is 6.62. The van der Waals surface area contributed by atoms with E-state index < -0.39 is 23.7 Å². The van der Waals surface area contributed by atoms with Crippen LogP contribution in [-0.2, 0) is 20.9 Å². The molecular formula is C18H29ClN2O4. The smallest absolute Gasteiger partial charge is 0.407 e. The molecule has 1 aromatic rings. The van der Waals surface area contributed by atoms with Gasteiger partial charge < -0.3 is 20.5 Å². The minimum absolute atomic E-state index is 0. The van der Waals surface area contributed by atoms with Crippen LogP contribution in [0.3, 0.4) is 0 Å². The van der Waals surface area contributed by atoms with Gasteiger partial charge in [0.05, 0.1) is 0 Å². The molecule has 0 bridgehead atoms. The molecule has 1 amide bonds. The van der Waals surface area contributed by atoms with Crippen molar-refractivity contribution in [1.29, 1.82) is 0 Å². The van der Waals surface area contributed by atoms with Crippen LogP contribution >= 0.6 is 12.4 Å². The van der Waals surface area contributed by atoms with Crippen LogP contribution in [-0.4, -0.2) is 30.3 Å². The van der Waals surface area contributed by atoms with Crippen molar-refractivity contribution in [1.82, 2.24) is 5.32 Å². The van der Waals surface area contributed by atoms with E-state index in [1.165, 1.54) is 0 Å². The molecule has 0 spiro atoms. The van der Waals surface area contributed by atoms with Gasteiger partial charge in [0.25, 0.3) is 0 Å². The Morgan fingerprint density at radius 3 is 2.40 bits per heavy atom. The van der Waals surface area contributed by atoms with Gasteiger partial charge in [-0.2, -0.15) is 0 Å². The monoisotopic (exact) mass is 372 g/mol. The average Bonchev–Trinajstić information content (AvgIpc) is 2.51. The van der Waals surface area contributed by atoms with Crippen LogP contribution < -0.4 is 11.1 Å². The van der Waals surface area contributed by atoms with Crippen molar-refractivity contribution in [3.8, 4) is 0 Å². The molecule has 7 heteroatoms. The number of rotatable bonds is 8. The van der Waals surface area contributed by atoms with Crippen LogP contribution in [0.2, 0.25) is 0 Å². The lowest BCUT2D eigenvalue weighted by molar-refractivity contribution is -0.156. The third-order valence-electron chi connectivity index (χ3n) is 3.13. The normalized spacial score (nSPS) is 11.8. The number of unbranched alkanes of at least 4 members (excludes halogenated alkanes) is 1. The number of nitrogens with two attached hydrogens (primary N) is 1. The number of hydrogen-bond acceptors (Lipinski definition) is 5. The molecule has 0 aliphatic carbocycles. The molecule has 1 aromatic carbocycles. The number of nitrogens with one attached hydrogen (secondary N) is 1. The van der Waals surface area contributed by atoms with Crippen molar-refractivity contribution < 1.29 is 19.1 Å². The Hall–Kier alpha value is -1.79. The van der Waals surface area contributed by atoms with E-state index in [9.17, 15) is 9.59 Å². The van der Waals surface area contributed by atoms with Gasteiger partial charge >= 0.3 is 12.1 Å². The molecule has 25 heavy (non-hydrogen) atoms. The molecule has 1 rings (SSSR count). The van der Waals surface area contributed by atoms with Crippen molar-refractivity contribution in [2.75, 3.05) is 6.54 Å². The summed E-state index contributed by atoms with van der Waals surface area (Å²) in [4.78, 5) is 23.3. The first-order valence-electron chi connectivity index (χ1n) is 8.21. The highest BCUT2D eigenvalue weighted by Gasteiger charge is 2.21. The van der Waals surface area contributed by atoms with E-state index in [4.69, 9.17) is 15.2 Å². The van der Waals surface area contributed by atoms with Crippen molar-refractivity contribution in [3.05, 3.63) is 35.9 Å². The Morgan fingerprint density at radius 2 is 1.80 bits per heavy atom. The largest absolute Gasteiger partial charge is 0.459 e. The minimum Gasteiger partial charge on any atom is -0.459 e. The molecule has 0 aliphatic rings. The third-order valence-corrected chi connectivity index (χ3v) is 3.13. The molecule has 0 aliphatic heterocycles. The molecule has 0 heterocycles. The molecular weight excluding hydrogens is 344 g/mol. The highest BCUT2D eigenvalue weighted by Crippen LogP contribution is 2.10. The lowest BCUT2D eigenvalue weighted by atomic mass is 10.1. The first-order chi connectivity index (χ1) is 11.3. The zero-order valence-electron chi connectivity index (χ0n) is 15.1. The highest BCUT2D eigenvalue weighted by atomic mass is 35.5. The average molecular weight is 373 g/mol. The molecule has 0 radical (unpaired) electrons. The Kier molecular flexibility index (Phi) is 10.9. The van der Waals surface area contributed by atoms with Gasteiger partial charge in [0.2, 0.25) is 0 Å². The summed E-state index contributed by atoms with van der Waals surface area (Å²) < 4.78 is 10.3. The second-order valence-corrected chi connectivity index (χ2v) is 6.62. The van der Waals surface area contributed by atoms with E-state index in [0.717, 1.165) is 18.4 Å². The fourth-order valence-electron chi connectivity index (χ4n) is 1.95.